The number of carboxylic acid groups (broad SMARTS) is 1. The van der Waals surface area contributed by atoms with E-state index in [9.17, 15) is 9.59 Å². The normalized spacial score (nSPS) is 10.2. The molecule has 104 valence electrons. The van der Waals surface area contributed by atoms with Crippen LogP contribution in [0.2, 0.25) is 0 Å². The summed E-state index contributed by atoms with van der Waals surface area (Å²) in [5.74, 6) is -1.30. The summed E-state index contributed by atoms with van der Waals surface area (Å²) in [6.45, 7) is 2.02. The number of aryl methyl sites for hydroxylation is 1. The van der Waals surface area contributed by atoms with Crippen molar-refractivity contribution in [3.63, 3.8) is 0 Å². The smallest absolute Gasteiger partial charge is 0.352 e. The molecule has 20 heavy (non-hydrogen) atoms. The van der Waals surface area contributed by atoms with Gasteiger partial charge in [-0.15, -0.1) is 0 Å². The van der Waals surface area contributed by atoms with Gasteiger partial charge < -0.3 is 15.0 Å². The molecule has 0 unspecified atom stereocenters. The predicted molar refractivity (Wildman–Crippen MR) is 75.8 cm³/mol. The molecule has 0 saturated carbocycles. The molecule has 0 aliphatic carbocycles. The highest BCUT2D eigenvalue weighted by Gasteiger charge is 2.11. The predicted octanol–water partition coefficient (Wildman–Crippen LogP) is 2.39. The summed E-state index contributed by atoms with van der Waals surface area (Å²) in [6, 6.07) is 10.7. The number of nitrogens with one attached hydrogen (secondary N) is 1. The van der Waals surface area contributed by atoms with Crippen molar-refractivity contribution < 1.29 is 14.7 Å². The Kier molecular flexibility index (Phi) is 4.20. The van der Waals surface area contributed by atoms with E-state index in [-0.39, 0.29) is 18.1 Å². The Morgan fingerprint density at radius 2 is 2.05 bits per heavy atom. The number of carbonyl (C=O) groups is 2. The zero-order valence-corrected chi connectivity index (χ0v) is 11.2. The molecule has 5 nitrogen and oxygen atoms in total. The minimum atomic E-state index is -1.05. The number of amides is 1. The number of carboxylic acids is 1. The van der Waals surface area contributed by atoms with Crippen LogP contribution in [0.1, 0.15) is 23.0 Å². The Morgan fingerprint density at radius 1 is 1.25 bits per heavy atom. The van der Waals surface area contributed by atoms with Crippen molar-refractivity contribution in [3.8, 4) is 0 Å². The zero-order chi connectivity index (χ0) is 14.5. The molecule has 0 spiro atoms. The highest BCUT2D eigenvalue weighted by Crippen LogP contribution is 2.11. The monoisotopic (exact) mass is 272 g/mol. The van der Waals surface area contributed by atoms with Crippen LogP contribution in [-0.2, 0) is 17.8 Å². The van der Waals surface area contributed by atoms with E-state index in [1.54, 1.807) is 12.3 Å². The van der Waals surface area contributed by atoms with Crippen LogP contribution >= 0.6 is 0 Å². The third-order valence-corrected chi connectivity index (χ3v) is 2.98. The van der Waals surface area contributed by atoms with Crippen LogP contribution in [0, 0.1) is 0 Å². The third-order valence-electron chi connectivity index (χ3n) is 2.98. The van der Waals surface area contributed by atoms with Crippen LogP contribution in [0.3, 0.4) is 0 Å². The van der Waals surface area contributed by atoms with E-state index in [1.165, 1.54) is 10.6 Å². The van der Waals surface area contributed by atoms with Crippen LogP contribution in [-0.4, -0.2) is 21.6 Å². The number of hydrogen-bond donors (Lipinski definition) is 2. The van der Waals surface area contributed by atoms with Gasteiger partial charge in [-0.05, 0) is 36.2 Å². The number of aromatic carboxylic acids is 1. The number of carbonyl (C=O) groups excluding carboxylic acids is 1. The van der Waals surface area contributed by atoms with E-state index >= 15 is 0 Å². The van der Waals surface area contributed by atoms with Gasteiger partial charge in [0.1, 0.15) is 12.2 Å². The first kappa shape index (κ1) is 13.9. The van der Waals surface area contributed by atoms with E-state index < -0.39 is 5.97 Å². The average molecular weight is 272 g/mol. The topological polar surface area (TPSA) is 71.3 Å². The summed E-state index contributed by atoms with van der Waals surface area (Å²) >= 11 is 0. The Bertz CT molecular complexity index is 632. The standard InChI is InChI=1S/C15H16N2O3/c1-2-11-5-3-6-12(9-11)16-14(18)10-17-8-4-7-13(17)15(19)20/h3-9H,2,10H2,1H3,(H,16,18)(H,19,20). The first-order valence-corrected chi connectivity index (χ1v) is 6.37. The Morgan fingerprint density at radius 3 is 2.75 bits per heavy atom. The molecule has 0 fully saturated rings. The van der Waals surface area contributed by atoms with Crippen molar-refractivity contribution in [2.45, 2.75) is 19.9 Å². The van der Waals surface area contributed by atoms with E-state index in [2.05, 4.69) is 5.32 Å². The summed E-state index contributed by atoms with van der Waals surface area (Å²) in [4.78, 5) is 22.9. The van der Waals surface area contributed by atoms with E-state index in [0.717, 1.165) is 17.7 Å². The molecular weight excluding hydrogens is 256 g/mol. The zero-order valence-electron chi connectivity index (χ0n) is 11.2. The highest BCUT2D eigenvalue weighted by atomic mass is 16.4. The SMILES string of the molecule is CCc1cccc(NC(=O)Cn2cccc2C(=O)O)c1. The van der Waals surface area contributed by atoms with Gasteiger partial charge in [0.05, 0.1) is 0 Å². The number of rotatable bonds is 5. The molecule has 0 atom stereocenters. The van der Waals surface area contributed by atoms with Gasteiger partial charge in [0.2, 0.25) is 5.91 Å². The fraction of sp³-hybridized carbons (Fsp3) is 0.200. The lowest BCUT2D eigenvalue weighted by Gasteiger charge is -2.08. The molecule has 2 N–H and O–H groups in total. The molecule has 1 aromatic heterocycles. The van der Waals surface area contributed by atoms with Gasteiger partial charge in [0.25, 0.3) is 0 Å². The average Bonchev–Trinajstić information content (AvgIpc) is 2.87. The number of benzene rings is 1. The molecule has 2 aromatic rings. The van der Waals surface area contributed by atoms with Gasteiger partial charge in [-0.25, -0.2) is 4.79 Å². The maximum Gasteiger partial charge on any atom is 0.352 e. The Balaban J connectivity index is 2.05. The van der Waals surface area contributed by atoms with Gasteiger partial charge in [0.15, 0.2) is 0 Å². The molecule has 5 heteroatoms. The quantitative estimate of drug-likeness (QED) is 0.877. The summed E-state index contributed by atoms with van der Waals surface area (Å²) in [5.41, 5.74) is 1.95. The minimum Gasteiger partial charge on any atom is -0.477 e. The van der Waals surface area contributed by atoms with Crippen LogP contribution in [0.25, 0.3) is 0 Å². The second-order valence-corrected chi connectivity index (χ2v) is 4.43. The number of hydrogen-bond acceptors (Lipinski definition) is 2. The maximum absolute atomic E-state index is 11.9. The van der Waals surface area contributed by atoms with Crippen LogP contribution in [0.5, 0.6) is 0 Å². The van der Waals surface area contributed by atoms with E-state index in [0.29, 0.717) is 0 Å². The molecule has 1 aromatic carbocycles. The second-order valence-electron chi connectivity index (χ2n) is 4.43. The molecule has 0 aliphatic heterocycles. The Labute approximate surface area is 116 Å². The molecule has 0 radical (unpaired) electrons. The summed E-state index contributed by atoms with van der Waals surface area (Å²) in [5, 5.41) is 11.7. The van der Waals surface area contributed by atoms with Crippen LogP contribution in [0.15, 0.2) is 42.6 Å². The van der Waals surface area contributed by atoms with Gasteiger partial charge >= 0.3 is 5.97 Å². The van der Waals surface area contributed by atoms with Gasteiger partial charge in [-0.1, -0.05) is 19.1 Å². The summed E-state index contributed by atoms with van der Waals surface area (Å²) < 4.78 is 1.40. The van der Waals surface area contributed by atoms with Crippen molar-refractivity contribution in [2.75, 3.05) is 5.32 Å². The highest BCUT2D eigenvalue weighted by molar-refractivity contribution is 5.92. The van der Waals surface area contributed by atoms with Gasteiger partial charge in [0, 0.05) is 11.9 Å². The van der Waals surface area contributed by atoms with Crippen molar-refractivity contribution in [3.05, 3.63) is 53.9 Å². The van der Waals surface area contributed by atoms with Crippen molar-refractivity contribution in [2.24, 2.45) is 0 Å². The van der Waals surface area contributed by atoms with Crippen molar-refractivity contribution in [1.29, 1.82) is 0 Å². The molecule has 1 amide bonds. The largest absolute Gasteiger partial charge is 0.477 e. The fourth-order valence-corrected chi connectivity index (χ4v) is 1.97. The van der Waals surface area contributed by atoms with Gasteiger partial charge in [-0.2, -0.15) is 0 Å². The lowest BCUT2D eigenvalue weighted by atomic mass is 10.1. The molecule has 0 saturated heterocycles. The number of anilines is 1. The number of aromatic nitrogens is 1. The molecule has 1 heterocycles. The summed E-state index contributed by atoms with van der Waals surface area (Å²) in [6.07, 6.45) is 2.47. The van der Waals surface area contributed by atoms with Crippen molar-refractivity contribution >= 4 is 17.6 Å². The van der Waals surface area contributed by atoms with E-state index in [1.807, 2.05) is 31.2 Å². The summed E-state index contributed by atoms with van der Waals surface area (Å²) in [7, 11) is 0. The molecule has 2 rings (SSSR count). The second kappa shape index (κ2) is 6.06. The Hall–Kier alpha value is -2.56. The molecular formula is C15H16N2O3. The van der Waals surface area contributed by atoms with Gasteiger partial charge in [-0.3, -0.25) is 4.79 Å². The molecule has 0 aliphatic rings. The lowest BCUT2D eigenvalue weighted by Crippen LogP contribution is -2.20. The van der Waals surface area contributed by atoms with E-state index in [4.69, 9.17) is 5.11 Å². The third kappa shape index (κ3) is 3.26. The van der Waals surface area contributed by atoms with Crippen molar-refractivity contribution in [1.82, 2.24) is 4.57 Å². The minimum absolute atomic E-state index is 0.0228. The van der Waals surface area contributed by atoms with Crippen LogP contribution < -0.4 is 5.32 Å². The fourth-order valence-electron chi connectivity index (χ4n) is 1.97. The first-order valence-electron chi connectivity index (χ1n) is 6.37. The first-order chi connectivity index (χ1) is 9.60. The lowest BCUT2D eigenvalue weighted by molar-refractivity contribution is -0.116. The van der Waals surface area contributed by atoms with Crippen LogP contribution in [0.4, 0.5) is 5.69 Å². The molecule has 0 bridgehead atoms. The maximum atomic E-state index is 11.9. The number of nitrogens with zero attached hydrogens (tertiary/aromatic N) is 1.